The average Bonchev–Trinajstić information content (AvgIpc) is 3.73. The number of carbonyl (C=O) groups excluding carboxylic acids is 7. The number of furan rings is 1. The number of hydrogen-bond donors (Lipinski definition) is 3. The molecule has 17 heteroatoms. The Morgan fingerprint density at radius 1 is 0.820 bits per heavy atom. The van der Waals surface area contributed by atoms with Gasteiger partial charge >= 0.3 is 17.9 Å². The van der Waals surface area contributed by atoms with Crippen molar-refractivity contribution in [2.75, 3.05) is 33.3 Å². The number of ether oxygens (including phenoxy) is 4. The van der Waals surface area contributed by atoms with Gasteiger partial charge in [-0.05, 0) is 77.6 Å². The van der Waals surface area contributed by atoms with Crippen molar-refractivity contribution in [3.05, 3.63) is 41.7 Å². The molecular formula is C44H66N4O13. The van der Waals surface area contributed by atoms with E-state index in [2.05, 4.69) is 16.0 Å². The SMILES string of the molecule is CCCCC[C@@H](C(=O)NCNC(=O)c1ccc(-c2ccc(C(=O)N[C@@H](CC(=O)OCCCC)C(=O)OCCCC)c(OCC)c2)o1)[C@@H](CC)N(C=O)OCOC(=O)C(C)(C)C. The summed E-state index contributed by atoms with van der Waals surface area (Å²) in [4.78, 5) is 95.3. The van der Waals surface area contributed by atoms with Gasteiger partial charge < -0.3 is 39.3 Å². The zero-order valence-electron chi connectivity index (χ0n) is 37.1. The summed E-state index contributed by atoms with van der Waals surface area (Å²) in [6, 6.07) is 5.65. The summed E-state index contributed by atoms with van der Waals surface area (Å²) in [5, 5.41) is 8.94. The molecule has 2 rings (SSSR count). The van der Waals surface area contributed by atoms with E-state index in [-0.39, 0.29) is 49.3 Å². The standard InChI is InChI=1S/C44H66N4O13/c1-9-14-17-18-31(34(12-4)48(28-49)60-29-59-43(55)44(6,7)8)39(51)45-27-46-41(53)36-22-21-35(61-36)30-19-20-32(37(25-30)56-13-5)40(52)47-33(42(54)58-24-16-11-3)26-38(50)57-23-15-10-2/h19-22,25,28,31,33-34H,9-18,23-24,26-27,29H2,1-8H3,(H,45,51)(H,46,53)(H,47,52)/t31-,33+,34-/m1/s1. The molecule has 1 heterocycles. The van der Waals surface area contributed by atoms with Gasteiger partial charge in [-0.15, -0.1) is 0 Å². The number of esters is 3. The Morgan fingerprint density at radius 2 is 1.51 bits per heavy atom. The fourth-order valence-electron chi connectivity index (χ4n) is 5.90. The molecular weight excluding hydrogens is 792 g/mol. The molecule has 0 unspecified atom stereocenters. The lowest BCUT2D eigenvalue weighted by Gasteiger charge is -2.32. The smallest absolute Gasteiger partial charge is 0.329 e. The molecule has 1 aromatic heterocycles. The molecule has 1 aromatic carbocycles. The average molecular weight is 859 g/mol. The molecule has 0 spiro atoms. The van der Waals surface area contributed by atoms with E-state index in [4.69, 9.17) is 28.2 Å². The Hall–Kier alpha value is -5.45. The highest BCUT2D eigenvalue weighted by Gasteiger charge is 2.33. The summed E-state index contributed by atoms with van der Waals surface area (Å²) in [5.41, 5.74) is -0.213. The fraction of sp³-hybridized carbons (Fsp3) is 0.614. The number of rotatable bonds is 29. The largest absolute Gasteiger partial charge is 0.493 e. The topological polar surface area (TPSA) is 218 Å². The van der Waals surface area contributed by atoms with Gasteiger partial charge in [0, 0.05) is 5.56 Å². The maximum Gasteiger partial charge on any atom is 0.329 e. The molecule has 61 heavy (non-hydrogen) atoms. The van der Waals surface area contributed by atoms with Crippen molar-refractivity contribution >= 4 is 42.0 Å². The Balaban J connectivity index is 2.16. The maximum atomic E-state index is 13.5. The van der Waals surface area contributed by atoms with E-state index in [0.717, 1.165) is 30.7 Å². The molecule has 0 saturated carbocycles. The Morgan fingerprint density at radius 3 is 2.13 bits per heavy atom. The zero-order valence-corrected chi connectivity index (χ0v) is 37.1. The molecule has 0 aliphatic heterocycles. The van der Waals surface area contributed by atoms with Crippen molar-refractivity contribution in [1.82, 2.24) is 21.0 Å². The van der Waals surface area contributed by atoms with Gasteiger partial charge in [0.2, 0.25) is 19.1 Å². The second-order valence-corrected chi connectivity index (χ2v) is 15.3. The highest BCUT2D eigenvalue weighted by Crippen LogP contribution is 2.30. The molecule has 4 amide bonds. The van der Waals surface area contributed by atoms with Crippen molar-refractivity contribution in [1.29, 1.82) is 0 Å². The molecule has 0 fully saturated rings. The number of unbranched alkanes of at least 4 members (excludes halogenated alkanes) is 4. The predicted octanol–water partition coefficient (Wildman–Crippen LogP) is 6.24. The first-order valence-corrected chi connectivity index (χ1v) is 21.2. The zero-order chi connectivity index (χ0) is 45.4. The monoisotopic (exact) mass is 858 g/mol. The van der Waals surface area contributed by atoms with Gasteiger partial charge in [-0.2, -0.15) is 0 Å². The normalized spacial score (nSPS) is 12.6. The summed E-state index contributed by atoms with van der Waals surface area (Å²) >= 11 is 0. The molecule has 2 aromatic rings. The molecule has 0 radical (unpaired) electrons. The number of nitrogens with zero attached hydrogens (tertiary/aromatic N) is 1. The lowest BCUT2D eigenvalue weighted by atomic mass is 9.90. The van der Waals surface area contributed by atoms with Crippen LogP contribution in [0.5, 0.6) is 5.75 Å². The minimum Gasteiger partial charge on any atom is -0.493 e. The van der Waals surface area contributed by atoms with Crippen molar-refractivity contribution in [2.45, 2.75) is 132 Å². The van der Waals surface area contributed by atoms with Crippen LogP contribution in [0.4, 0.5) is 0 Å². The minimum atomic E-state index is -1.29. The number of benzene rings is 1. The number of hydroxylamine groups is 2. The van der Waals surface area contributed by atoms with E-state index in [1.807, 2.05) is 20.8 Å². The van der Waals surface area contributed by atoms with Gasteiger partial charge in [0.05, 0.1) is 55.8 Å². The van der Waals surface area contributed by atoms with Gasteiger partial charge in [0.1, 0.15) is 17.6 Å². The van der Waals surface area contributed by atoms with Crippen LogP contribution in [0.25, 0.3) is 11.3 Å². The van der Waals surface area contributed by atoms with E-state index in [1.54, 1.807) is 52.8 Å². The summed E-state index contributed by atoms with van der Waals surface area (Å²) in [7, 11) is 0. The van der Waals surface area contributed by atoms with Gasteiger partial charge in [-0.3, -0.25) is 28.8 Å². The van der Waals surface area contributed by atoms with Crippen LogP contribution in [0.15, 0.2) is 34.7 Å². The van der Waals surface area contributed by atoms with Crippen molar-refractivity contribution in [2.24, 2.45) is 11.3 Å². The van der Waals surface area contributed by atoms with Crippen LogP contribution in [-0.4, -0.2) is 92.5 Å². The first kappa shape index (κ1) is 51.7. The second-order valence-electron chi connectivity index (χ2n) is 15.3. The highest BCUT2D eigenvalue weighted by molar-refractivity contribution is 6.00. The summed E-state index contributed by atoms with van der Waals surface area (Å²) in [6.07, 6.45) is 6.20. The Kier molecular flexibility index (Phi) is 23.2. The van der Waals surface area contributed by atoms with Crippen molar-refractivity contribution in [3.63, 3.8) is 0 Å². The van der Waals surface area contributed by atoms with Gasteiger partial charge in [-0.1, -0.05) is 65.9 Å². The van der Waals surface area contributed by atoms with Crippen LogP contribution in [0.1, 0.15) is 141 Å². The van der Waals surface area contributed by atoms with Gasteiger partial charge in [0.25, 0.3) is 11.8 Å². The van der Waals surface area contributed by atoms with Crippen LogP contribution < -0.4 is 20.7 Å². The van der Waals surface area contributed by atoms with E-state index in [0.29, 0.717) is 44.1 Å². The third-order valence-electron chi connectivity index (χ3n) is 9.39. The first-order valence-electron chi connectivity index (χ1n) is 21.2. The predicted molar refractivity (Wildman–Crippen MR) is 225 cm³/mol. The molecule has 3 N–H and O–H groups in total. The molecule has 17 nitrogen and oxygen atoms in total. The lowest BCUT2D eigenvalue weighted by Crippen LogP contribution is -2.48. The van der Waals surface area contributed by atoms with Crippen LogP contribution in [-0.2, 0) is 43.0 Å². The van der Waals surface area contributed by atoms with Gasteiger partial charge in [-0.25, -0.2) is 14.7 Å². The van der Waals surface area contributed by atoms with Crippen LogP contribution >= 0.6 is 0 Å². The molecule has 0 aliphatic rings. The van der Waals surface area contributed by atoms with Gasteiger partial charge in [0.15, 0.2) is 5.76 Å². The maximum absolute atomic E-state index is 13.5. The van der Waals surface area contributed by atoms with E-state index >= 15 is 0 Å². The summed E-state index contributed by atoms with van der Waals surface area (Å²) in [6.45, 7) is 14.3. The number of amides is 4. The summed E-state index contributed by atoms with van der Waals surface area (Å²) in [5.74, 6) is -3.94. The fourth-order valence-corrected chi connectivity index (χ4v) is 5.90. The second kappa shape index (κ2) is 27.4. The van der Waals surface area contributed by atoms with Crippen molar-refractivity contribution < 1.29 is 61.8 Å². The highest BCUT2D eigenvalue weighted by atomic mass is 16.8. The van der Waals surface area contributed by atoms with Crippen LogP contribution in [0.2, 0.25) is 0 Å². The minimum absolute atomic E-state index is 0.0597. The van der Waals surface area contributed by atoms with Crippen LogP contribution in [0, 0.1) is 11.3 Å². The third-order valence-corrected chi connectivity index (χ3v) is 9.39. The number of hydrogen-bond acceptors (Lipinski definition) is 13. The number of carbonyl (C=O) groups is 7. The van der Waals surface area contributed by atoms with E-state index in [9.17, 15) is 33.6 Å². The lowest BCUT2D eigenvalue weighted by molar-refractivity contribution is -0.236. The summed E-state index contributed by atoms with van der Waals surface area (Å²) < 4.78 is 27.3. The third kappa shape index (κ3) is 17.6. The first-order chi connectivity index (χ1) is 29.1. The molecule has 0 aliphatic carbocycles. The number of nitrogens with one attached hydrogen (secondary N) is 3. The Bertz CT molecular complexity index is 1720. The van der Waals surface area contributed by atoms with Crippen LogP contribution in [0.3, 0.4) is 0 Å². The molecule has 0 saturated heterocycles. The van der Waals surface area contributed by atoms with Crippen molar-refractivity contribution in [3.8, 4) is 17.1 Å². The van der Waals surface area contributed by atoms with E-state index in [1.165, 1.54) is 12.1 Å². The van der Waals surface area contributed by atoms with E-state index < -0.39 is 72.3 Å². The molecule has 340 valence electrons. The Labute approximate surface area is 359 Å². The molecule has 3 atom stereocenters. The quantitative estimate of drug-likeness (QED) is 0.0207. The molecule has 0 bridgehead atoms.